The van der Waals surface area contributed by atoms with Crippen LogP contribution in [0.5, 0.6) is 5.75 Å². The monoisotopic (exact) mass is 511 g/mol. The van der Waals surface area contributed by atoms with Gasteiger partial charge in [0.2, 0.25) is 0 Å². The van der Waals surface area contributed by atoms with E-state index in [1.165, 1.54) is 12.1 Å². The van der Waals surface area contributed by atoms with E-state index in [1.807, 2.05) is 0 Å². The van der Waals surface area contributed by atoms with Gasteiger partial charge < -0.3 is 14.6 Å². The van der Waals surface area contributed by atoms with Crippen LogP contribution in [0.25, 0.3) is 0 Å². The number of rotatable bonds is 7. The molecule has 2 aromatic carbocycles. The maximum atomic E-state index is 13.8. The number of carboxylic acid groups (broad SMARTS) is 1. The van der Waals surface area contributed by atoms with Crippen LogP contribution in [0.15, 0.2) is 36.4 Å². The predicted molar refractivity (Wildman–Crippen MR) is 110 cm³/mol. The Kier molecular flexibility index (Phi) is 7.99. The molecule has 1 aliphatic heterocycles. The van der Waals surface area contributed by atoms with Gasteiger partial charge in [-0.1, -0.05) is 23.7 Å². The lowest BCUT2D eigenvalue weighted by Gasteiger charge is -2.34. The molecule has 1 heterocycles. The Bertz CT molecular complexity index is 1030. The van der Waals surface area contributed by atoms with E-state index in [0.29, 0.717) is 12.6 Å². The maximum absolute atomic E-state index is 13.8. The third-order valence-electron chi connectivity index (χ3n) is 5.28. The fraction of sp³-hybridized carbons (Fsp3) is 0.409. The molecule has 0 aliphatic carbocycles. The Morgan fingerprint density at radius 2 is 1.82 bits per heavy atom. The Morgan fingerprint density at radius 3 is 2.47 bits per heavy atom. The molecule has 1 N–H and O–H groups in total. The van der Waals surface area contributed by atoms with Crippen molar-refractivity contribution in [3.05, 3.63) is 63.7 Å². The van der Waals surface area contributed by atoms with Crippen LogP contribution in [0.4, 0.5) is 26.3 Å². The van der Waals surface area contributed by atoms with Crippen molar-refractivity contribution in [3.63, 3.8) is 0 Å². The number of hydrogen-bond donors (Lipinski definition) is 1. The Morgan fingerprint density at radius 1 is 1.12 bits per heavy atom. The first-order valence-electron chi connectivity index (χ1n) is 10.1. The first-order valence-corrected chi connectivity index (χ1v) is 10.5. The molecule has 186 valence electrons. The number of ether oxygens (including phenoxy) is 2. The van der Waals surface area contributed by atoms with Crippen LogP contribution >= 0.6 is 11.6 Å². The average Bonchev–Trinajstić information content (AvgIpc) is 2.75. The molecule has 0 spiro atoms. The number of carboxylic acids is 1. The number of halogens is 7. The summed E-state index contributed by atoms with van der Waals surface area (Å²) < 4.78 is 92.0. The molecule has 34 heavy (non-hydrogen) atoms. The van der Waals surface area contributed by atoms with Gasteiger partial charge in [0, 0.05) is 30.2 Å². The zero-order valence-corrected chi connectivity index (χ0v) is 18.3. The molecule has 0 saturated carbocycles. The smallest absolute Gasteiger partial charge is 0.416 e. The molecule has 3 rings (SSSR count). The van der Waals surface area contributed by atoms with Crippen molar-refractivity contribution in [2.45, 2.75) is 31.5 Å². The van der Waals surface area contributed by atoms with Crippen LogP contribution in [0, 0.1) is 0 Å². The number of benzene rings is 2. The van der Waals surface area contributed by atoms with E-state index in [4.69, 9.17) is 26.2 Å². The number of alkyl halides is 6. The number of nitrogens with zero attached hydrogens (tertiary/aromatic N) is 1. The van der Waals surface area contributed by atoms with E-state index in [1.54, 1.807) is 4.90 Å². The molecule has 0 aromatic heterocycles. The van der Waals surface area contributed by atoms with Gasteiger partial charge in [0.1, 0.15) is 12.4 Å². The highest BCUT2D eigenvalue weighted by molar-refractivity contribution is 6.31. The fourth-order valence-electron chi connectivity index (χ4n) is 3.63. The number of hydrogen-bond acceptors (Lipinski definition) is 4. The molecular weight excluding hydrogens is 492 g/mol. The zero-order valence-electron chi connectivity index (χ0n) is 17.5. The molecule has 0 bridgehead atoms. The third-order valence-corrected chi connectivity index (χ3v) is 5.63. The van der Waals surface area contributed by atoms with Crippen LogP contribution in [0.2, 0.25) is 5.02 Å². The minimum absolute atomic E-state index is 0.0606. The summed E-state index contributed by atoms with van der Waals surface area (Å²) in [5.41, 5.74) is -2.65. The average molecular weight is 512 g/mol. The van der Waals surface area contributed by atoms with Gasteiger partial charge in [-0.05, 0) is 29.8 Å². The van der Waals surface area contributed by atoms with Gasteiger partial charge in [-0.25, -0.2) is 0 Å². The summed E-state index contributed by atoms with van der Waals surface area (Å²) in [7, 11) is 0. The molecule has 1 unspecified atom stereocenters. The van der Waals surface area contributed by atoms with E-state index in [-0.39, 0.29) is 48.0 Å². The number of aliphatic carboxylic acids is 1. The molecule has 1 atom stereocenters. The second-order valence-electron chi connectivity index (χ2n) is 7.60. The van der Waals surface area contributed by atoms with E-state index in [0.717, 1.165) is 18.2 Å². The van der Waals surface area contributed by atoms with Crippen LogP contribution < -0.4 is 4.74 Å². The van der Waals surface area contributed by atoms with Crippen LogP contribution in [0.3, 0.4) is 0 Å². The van der Waals surface area contributed by atoms with Gasteiger partial charge in [-0.2, -0.15) is 26.3 Å². The van der Waals surface area contributed by atoms with Crippen LogP contribution in [-0.2, 0) is 28.5 Å². The first-order chi connectivity index (χ1) is 15.9. The third kappa shape index (κ3) is 6.55. The van der Waals surface area contributed by atoms with Gasteiger partial charge in [-0.15, -0.1) is 0 Å². The topological polar surface area (TPSA) is 59.0 Å². The van der Waals surface area contributed by atoms with Crippen molar-refractivity contribution in [1.82, 2.24) is 4.90 Å². The summed E-state index contributed by atoms with van der Waals surface area (Å²) in [5, 5.41) is 8.61. The SMILES string of the molecule is O=C(O)CCN1CCOC(c2ccc(OCc3c(Cl)cccc3C(F)(F)F)cc2C(F)(F)F)C1. The lowest BCUT2D eigenvalue weighted by molar-refractivity contribution is -0.140. The number of morpholine rings is 1. The maximum Gasteiger partial charge on any atom is 0.416 e. The highest BCUT2D eigenvalue weighted by Gasteiger charge is 2.38. The van der Waals surface area contributed by atoms with Gasteiger partial charge in [0.15, 0.2) is 0 Å². The van der Waals surface area contributed by atoms with E-state index >= 15 is 0 Å². The summed E-state index contributed by atoms with van der Waals surface area (Å²) >= 11 is 5.87. The minimum Gasteiger partial charge on any atom is -0.489 e. The second kappa shape index (κ2) is 10.4. The zero-order chi connectivity index (χ0) is 25.1. The molecule has 1 saturated heterocycles. The Balaban J connectivity index is 1.83. The predicted octanol–water partition coefficient (Wildman–Crippen LogP) is 5.80. The van der Waals surface area contributed by atoms with Crippen molar-refractivity contribution in [1.29, 1.82) is 0 Å². The first kappa shape index (κ1) is 26.1. The van der Waals surface area contributed by atoms with Crippen LogP contribution in [0.1, 0.15) is 34.8 Å². The summed E-state index contributed by atoms with van der Waals surface area (Å²) in [4.78, 5) is 12.5. The largest absolute Gasteiger partial charge is 0.489 e. The molecule has 2 aromatic rings. The molecule has 0 radical (unpaired) electrons. The minimum atomic E-state index is -4.79. The number of carbonyl (C=O) groups is 1. The standard InChI is InChI=1S/C22H20ClF6NO4/c23-18-3-1-2-16(21(24,25)26)15(18)12-34-13-4-5-14(17(10-13)22(27,28)29)19-11-30(8-9-33-19)7-6-20(31)32/h1-5,10,19H,6-9,11-12H2,(H,31,32). The summed E-state index contributed by atoms with van der Waals surface area (Å²) in [6.07, 6.45) is -10.6. The molecule has 5 nitrogen and oxygen atoms in total. The van der Waals surface area contributed by atoms with Gasteiger partial charge in [0.25, 0.3) is 0 Å². The highest BCUT2D eigenvalue weighted by atomic mass is 35.5. The fourth-order valence-corrected chi connectivity index (χ4v) is 3.85. The highest BCUT2D eigenvalue weighted by Crippen LogP contribution is 2.40. The quantitative estimate of drug-likeness (QED) is 0.476. The van der Waals surface area contributed by atoms with E-state index in [2.05, 4.69) is 0 Å². The summed E-state index contributed by atoms with van der Waals surface area (Å²) in [5.74, 6) is -1.31. The van der Waals surface area contributed by atoms with Crippen molar-refractivity contribution in [2.75, 3.05) is 26.2 Å². The van der Waals surface area contributed by atoms with Gasteiger partial charge >= 0.3 is 18.3 Å². The molecular formula is C22H20ClF6NO4. The van der Waals surface area contributed by atoms with Gasteiger partial charge in [-0.3, -0.25) is 9.69 Å². The molecule has 12 heteroatoms. The van der Waals surface area contributed by atoms with Gasteiger partial charge in [0.05, 0.1) is 30.3 Å². The normalized spacial score (nSPS) is 17.6. The van der Waals surface area contributed by atoms with Crippen molar-refractivity contribution < 1.29 is 45.7 Å². The lowest BCUT2D eigenvalue weighted by Crippen LogP contribution is -2.40. The van der Waals surface area contributed by atoms with E-state index < -0.39 is 42.2 Å². The molecule has 1 aliphatic rings. The lowest BCUT2D eigenvalue weighted by atomic mass is 10.00. The summed E-state index contributed by atoms with van der Waals surface area (Å²) in [6.45, 7) is 0.0363. The van der Waals surface area contributed by atoms with Crippen molar-refractivity contribution in [2.24, 2.45) is 0 Å². The molecule has 0 amide bonds. The Labute approximate surface area is 195 Å². The van der Waals surface area contributed by atoms with Crippen molar-refractivity contribution in [3.8, 4) is 5.75 Å². The van der Waals surface area contributed by atoms with E-state index in [9.17, 15) is 31.1 Å². The summed E-state index contributed by atoms with van der Waals surface area (Å²) in [6, 6.07) is 6.24. The second-order valence-corrected chi connectivity index (χ2v) is 8.01. The van der Waals surface area contributed by atoms with Crippen LogP contribution in [-0.4, -0.2) is 42.2 Å². The molecule has 1 fully saturated rings. The Hall–Kier alpha value is -2.50. The van der Waals surface area contributed by atoms with Crippen molar-refractivity contribution >= 4 is 17.6 Å².